The minimum atomic E-state index is -0.270. The molecule has 1 aromatic rings. The number of nitrogens with one attached hydrogen (secondary N) is 1. The minimum absolute atomic E-state index is 0.0448. The molecule has 124 valence electrons. The minimum Gasteiger partial charge on any atom is -0.478 e. The van der Waals surface area contributed by atoms with E-state index in [1.165, 1.54) is 4.90 Å². The van der Waals surface area contributed by atoms with Gasteiger partial charge in [-0.1, -0.05) is 0 Å². The smallest absolute Gasteiger partial charge is 0.281 e. The lowest BCUT2D eigenvalue weighted by atomic mass is 9.98. The van der Waals surface area contributed by atoms with E-state index in [1.807, 2.05) is 0 Å². The number of aryl methyl sites for hydroxylation is 1. The fraction of sp³-hybridized carbons (Fsp3) is 0.688. The molecule has 2 aliphatic heterocycles. The second-order valence-electron chi connectivity index (χ2n) is 6.58. The average Bonchev–Trinajstić information content (AvgIpc) is 3.32. The molecule has 0 aromatic carbocycles. The van der Waals surface area contributed by atoms with E-state index in [9.17, 15) is 9.59 Å². The van der Waals surface area contributed by atoms with Crippen LogP contribution in [0.4, 0.5) is 0 Å². The van der Waals surface area contributed by atoms with Crippen LogP contribution in [0.5, 0.6) is 5.88 Å². The Morgan fingerprint density at radius 3 is 2.87 bits per heavy atom. The van der Waals surface area contributed by atoms with Gasteiger partial charge in [-0.05, 0) is 32.2 Å². The number of rotatable bonds is 3. The first-order valence-corrected chi connectivity index (χ1v) is 8.53. The van der Waals surface area contributed by atoms with E-state index in [1.54, 1.807) is 10.7 Å². The summed E-state index contributed by atoms with van der Waals surface area (Å²) in [7, 11) is 0. The highest BCUT2D eigenvalue weighted by molar-refractivity contribution is 6.05. The highest BCUT2D eigenvalue weighted by Gasteiger charge is 2.41. The van der Waals surface area contributed by atoms with Crippen molar-refractivity contribution in [2.24, 2.45) is 5.92 Å². The monoisotopic (exact) mass is 318 g/mol. The van der Waals surface area contributed by atoms with Gasteiger partial charge in [-0.15, -0.1) is 0 Å². The lowest BCUT2D eigenvalue weighted by molar-refractivity contribution is -0.133. The van der Waals surface area contributed by atoms with E-state index in [-0.39, 0.29) is 23.8 Å². The summed E-state index contributed by atoms with van der Waals surface area (Å²) in [4.78, 5) is 27.2. The number of carbonyl (C=O) groups excluding carboxylic acids is 2. The molecule has 4 rings (SSSR count). The topological polar surface area (TPSA) is 76.5 Å². The van der Waals surface area contributed by atoms with Gasteiger partial charge in [-0.2, -0.15) is 5.10 Å². The molecule has 2 amide bonds. The Hall–Kier alpha value is -1.89. The van der Waals surface area contributed by atoms with Crippen molar-refractivity contribution >= 4 is 11.8 Å². The molecule has 1 aromatic heterocycles. The van der Waals surface area contributed by atoms with Crippen molar-refractivity contribution in [1.82, 2.24) is 20.0 Å². The van der Waals surface area contributed by atoms with Crippen molar-refractivity contribution in [1.29, 1.82) is 0 Å². The Balaban J connectivity index is 1.55. The number of aromatic nitrogens is 2. The summed E-state index contributed by atoms with van der Waals surface area (Å²) in [5.41, 5.74) is 0.325. The zero-order valence-electron chi connectivity index (χ0n) is 13.2. The summed E-state index contributed by atoms with van der Waals surface area (Å²) in [5.74, 6) is 0.217. The van der Waals surface area contributed by atoms with Crippen LogP contribution < -0.4 is 10.1 Å². The third-order valence-corrected chi connectivity index (χ3v) is 4.74. The van der Waals surface area contributed by atoms with Crippen LogP contribution >= 0.6 is 0 Å². The molecule has 1 saturated carbocycles. The van der Waals surface area contributed by atoms with Crippen molar-refractivity contribution in [3.8, 4) is 5.88 Å². The van der Waals surface area contributed by atoms with Gasteiger partial charge in [0.1, 0.15) is 0 Å². The predicted octanol–water partition coefficient (Wildman–Crippen LogP) is 0.796. The first-order chi connectivity index (χ1) is 11.2. The number of hydrogen-bond donors (Lipinski definition) is 1. The summed E-state index contributed by atoms with van der Waals surface area (Å²) < 4.78 is 7.24. The van der Waals surface area contributed by atoms with Gasteiger partial charge < -0.3 is 10.1 Å². The summed E-state index contributed by atoms with van der Waals surface area (Å²) in [6, 6.07) is 1.72. The Labute approximate surface area is 135 Å². The molecule has 0 spiro atoms. The van der Waals surface area contributed by atoms with Crippen molar-refractivity contribution in [2.75, 3.05) is 19.7 Å². The second kappa shape index (κ2) is 5.96. The molecule has 3 aliphatic rings. The molecule has 1 aliphatic carbocycles. The number of piperidine rings is 1. The van der Waals surface area contributed by atoms with Gasteiger partial charge in [0.15, 0.2) is 5.69 Å². The highest BCUT2D eigenvalue weighted by Crippen LogP contribution is 2.31. The van der Waals surface area contributed by atoms with E-state index in [0.717, 1.165) is 45.2 Å². The van der Waals surface area contributed by atoms with Crippen LogP contribution in [-0.4, -0.2) is 52.2 Å². The molecule has 3 heterocycles. The Morgan fingerprint density at radius 1 is 1.30 bits per heavy atom. The van der Waals surface area contributed by atoms with Gasteiger partial charge in [0.2, 0.25) is 11.8 Å². The van der Waals surface area contributed by atoms with E-state index in [2.05, 4.69) is 10.4 Å². The third kappa shape index (κ3) is 2.85. The van der Waals surface area contributed by atoms with Crippen LogP contribution in [0.3, 0.4) is 0 Å². The van der Waals surface area contributed by atoms with E-state index < -0.39 is 0 Å². The number of amides is 2. The molecule has 7 nitrogen and oxygen atoms in total. The van der Waals surface area contributed by atoms with Crippen molar-refractivity contribution in [2.45, 2.75) is 44.7 Å². The summed E-state index contributed by atoms with van der Waals surface area (Å²) in [5, 5.41) is 7.59. The number of imide groups is 1. The van der Waals surface area contributed by atoms with Gasteiger partial charge >= 0.3 is 0 Å². The van der Waals surface area contributed by atoms with Crippen molar-refractivity contribution in [3.63, 3.8) is 0 Å². The zero-order chi connectivity index (χ0) is 15.8. The lowest BCUT2D eigenvalue weighted by Gasteiger charge is -2.28. The molecular weight excluding hydrogens is 296 g/mol. The molecular formula is C16H22N4O3. The summed E-state index contributed by atoms with van der Waals surface area (Å²) >= 11 is 0. The number of hydrogen-bond acceptors (Lipinski definition) is 5. The van der Waals surface area contributed by atoms with Gasteiger partial charge in [0.05, 0.1) is 12.5 Å². The fourth-order valence-electron chi connectivity index (χ4n) is 3.33. The molecule has 1 unspecified atom stereocenters. The number of carbonyl (C=O) groups is 2. The largest absolute Gasteiger partial charge is 0.478 e. The molecule has 1 atom stereocenters. The third-order valence-electron chi connectivity index (χ3n) is 4.74. The molecule has 1 N–H and O–H groups in total. The number of nitrogens with zero attached hydrogens (tertiary/aromatic N) is 3. The lowest BCUT2D eigenvalue weighted by Crippen LogP contribution is -2.47. The van der Waals surface area contributed by atoms with Gasteiger partial charge in [0, 0.05) is 31.6 Å². The fourth-order valence-corrected chi connectivity index (χ4v) is 3.33. The van der Waals surface area contributed by atoms with Crippen molar-refractivity contribution in [3.05, 3.63) is 11.8 Å². The molecule has 2 fully saturated rings. The normalized spacial score (nSPS) is 23.7. The van der Waals surface area contributed by atoms with Crippen LogP contribution in [0.15, 0.2) is 6.07 Å². The highest BCUT2D eigenvalue weighted by atomic mass is 16.5. The Kier molecular flexibility index (Phi) is 3.80. The quantitative estimate of drug-likeness (QED) is 0.834. The average molecular weight is 318 g/mol. The summed E-state index contributed by atoms with van der Waals surface area (Å²) in [6.07, 6.45) is 4.53. The van der Waals surface area contributed by atoms with Crippen LogP contribution in [0.1, 0.15) is 42.6 Å². The van der Waals surface area contributed by atoms with E-state index in [0.29, 0.717) is 24.7 Å². The summed E-state index contributed by atoms with van der Waals surface area (Å²) in [6.45, 7) is 3.02. The first-order valence-electron chi connectivity index (χ1n) is 8.53. The van der Waals surface area contributed by atoms with Gasteiger partial charge in [-0.25, -0.2) is 4.68 Å². The zero-order valence-corrected chi connectivity index (χ0v) is 13.2. The van der Waals surface area contributed by atoms with Crippen LogP contribution in [0, 0.1) is 5.92 Å². The predicted molar refractivity (Wildman–Crippen MR) is 82.1 cm³/mol. The second-order valence-corrected chi connectivity index (χ2v) is 6.58. The first kappa shape index (κ1) is 14.7. The van der Waals surface area contributed by atoms with Crippen molar-refractivity contribution < 1.29 is 14.3 Å². The van der Waals surface area contributed by atoms with E-state index >= 15 is 0 Å². The molecule has 0 radical (unpaired) electrons. The maximum atomic E-state index is 12.9. The van der Waals surface area contributed by atoms with Crippen LogP contribution in [-0.2, 0) is 11.3 Å². The maximum absolute atomic E-state index is 12.9. The SMILES string of the molecule is O=C(c1cc2n(n1)CCCO2)N(C(=O)C1CCCNC1)C1CC1. The molecule has 7 heteroatoms. The maximum Gasteiger partial charge on any atom is 0.281 e. The van der Waals surface area contributed by atoms with Crippen LogP contribution in [0.25, 0.3) is 0 Å². The van der Waals surface area contributed by atoms with Gasteiger partial charge in [-0.3, -0.25) is 14.5 Å². The van der Waals surface area contributed by atoms with Crippen LogP contribution in [0.2, 0.25) is 0 Å². The van der Waals surface area contributed by atoms with E-state index in [4.69, 9.17) is 4.74 Å². The Morgan fingerprint density at radius 2 is 2.17 bits per heavy atom. The molecule has 1 saturated heterocycles. The Bertz CT molecular complexity index is 593. The molecule has 0 bridgehead atoms. The van der Waals surface area contributed by atoms with Gasteiger partial charge in [0.25, 0.3) is 5.91 Å². The number of fused-ring (bicyclic) bond motifs is 1. The molecule has 23 heavy (non-hydrogen) atoms. The standard InChI is InChI=1S/C16H22N4O3/c21-15(11-3-1-6-17-10-11)20(12-4-5-12)16(22)13-9-14-19(18-13)7-2-8-23-14/h9,11-12,17H,1-8,10H2. The number of ether oxygens (including phenoxy) is 1.